The highest BCUT2D eigenvalue weighted by Gasteiger charge is 2.09. The van der Waals surface area contributed by atoms with Crippen LogP contribution >= 0.6 is 0 Å². The smallest absolute Gasteiger partial charge is 0.423 e. The largest absolute Gasteiger partial charge is 0.488 e. The molecule has 1 aromatic carbocycles. The molecule has 0 saturated carbocycles. The van der Waals surface area contributed by atoms with Crippen LogP contribution in [-0.2, 0) is 6.42 Å². The third-order valence-electron chi connectivity index (χ3n) is 1.66. The third-order valence-corrected chi connectivity index (χ3v) is 1.66. The summed E-state index contributed by atoms with van der Waals surface area (Å²) >= 11 is 0. The molecule has 0 aromatic heterocycles. The van der Waals surface area contributed by atoms with Gasteiger partial charge in [-0.3, -0.25) is 4.39 Å². The van der Waals surface area contributed by atoms with Crippen molar-refractivity contribution in [1.82, 2.24) is 0 Å². The summed E-state index contributed by atoms with van der Waals surface area (Å²) < 4.78 is 11.8. The highest BCUT2D eigenvalue weighted by Crippen LogP contribution is 1.98. The molecule has 0 unspecified atom stereocenters. The zero-order valence-corrected chi connectivity index (χ0v) is 6.57. The Bertz CT molecular complexity index is 235. The minimum atomic E-state index is -1.44. The van der Waals surface area contributed by atoms with E-state index >= 15 is 0 Å². The van der Waals surface area contributed by atoms with E-state index in [4.69, 9.17) is 10.0 Å². The second kappa shape index (κ2) is 4.23. The Hall–Kier alpha value is -0.865. The molecule has 1 aromatic rings. The van der Waals surface area contributed by atoms with Crippen molar-refractivity contribution < 1.29 is 14.4 Å². The van der Waals surface area contributed by atoms with E-state index in [0.29, 0.717) is 11.9 Å². The van der Waals surface area contributed by atoms with Crippen molar-refractivity contribution in [2.24, 2.45) is 0 Å². The normalized spacial score (nSPS) is 9.92. The highest BCUT2D eigenvalue weighted by atomic mass is 19.1. The van der Waals surface area contributed by atoms with E-state index in [1.54, 1.807) is 24.3 Å². The summed E-state index contributed by atoms with van der Waals surface area (Å²) in [5.74, 6) is 0. The van der Waals surface area contributed by atoms with Crippen LogP contribution in [0.25, 0.3) is 0 Å². The van der Waals surface area contributed by atoms with Gasteiger partial charge in [0.15, 0.2) is 0 Å². The van der Waals surface area contributed by atoms with Gasteiger partial charge in [-0.2, -0.15) is 0 Å². The zero-order valence-electron chi connectivity index (χ0n) is 6.57. The molecule has 12 heavy (non-hydrogen) atoms. The lowest BCUT2D eigenvalue weighted by molar-refractivity contribution is 0.426. The predicted molar refractivity (Wildman–Crippen MR) is 45.9 cm³/mol. The summed E-state index contributed by atoms with van der Waals surface area (Å²) in [6, 6.07) is 6.54. The summed E-state index contributed by atoms with van der Waals surface area (Å²) in [5.41, 5.74) is 1.29. The van der Waals surface area contributed by atoms with E-state index in [2.05, 4.69) is 0 Å². The van der Waals surface area contributed by atoms with E-state index in [1.165, 1.54) is 0 Å². The van der Waals surface area contributed by atoms with Crippen LogP contribution in [0, 0.1) is 0 Å². The average Bonchev–Trinajstić information content (AvgIpc) is 2.06. The fourth-order valence-corrected chi connectivity index (χ4v) is 0.966. The molecule has 2 N–H and O–H groups in total. The van der Waals surface area contributed by atoms with Gasteiger partial charge in [-0.05, 0) is 11.0 Å². The SMILES string of the molecule is OB(O)c1ccc(CCF)cc1. The number of benzene rings is 1. The molecule has 0 saturated heterocycles. The van der Waals surface area contributed by atoms with E-state index in [9.17, 15) is 4.39 Å². The third kappa shape index (κ3) is 2.32. The van der Waals surface area contributed by atoms with Crippen LogP contribution in [0.15, 0.2) is 24.3 Å². The molecule has 0 aliphatic heterocycles. The fraction of sp³-hybridized carbons (Fsp3) is 0.250. The minimum absolute atomic E-state index is 0.377. The molecule has 0 atom stereocenters. The van der Waals surface area contributed by atoms with E-state index < -0.39 is 7.12 Å². The molecule has 0 fully saturated rings. The standard InChI is InChI=1S/C8H10BFO2/c10-6-5-7-1-3-8(4-2-7)9(11)12/h1-4,11-12H,5-6H2. The summed E-state index contributed by atoms with van der Waals surface area (Å²) in [6.07, 6.45) is 0.377. The molecule has 2 nitrogen and oxygen atoms in total. The lowest BCUT2D eigenvalue weighted by Crippen LogP contribution is -2.29. The second-order valence-electron chi connectivity index (χ2n) is 2.55. The lowest BCUT2D eigenvalue weighted by Gasteiger charge is -2.00. The monoisotopic (exact) mass is 168 g/mol. The first-order chi connectivity index (χ1) is 5.74. The zero-order chi connectivity index (χ0) is 8.97. The van der Waals surface area contributed by atoms with Gasteiger partial charge < -0.3 is 10.0 Å². The van der Waals surface area contributed by atoms with Gasteiger partial charge in [0.25, 0.3) is 0 Å². The number of alkyl halides is 1. The number of aryl methyl sites for hydroxylation is 1. The molecule has 0 heterocycles. The Morgan fingerprint density at radius 1 is 1.17 bits per heavy atom. The van der Waals surface area contributed by atoms with Crippen LogP contribution in [0.3, 0.4) is 0 Å². The topological polar surface area (TPSA) is 40.5 Å². The van der Waals surface area contributed by atoms with Gasteiger partial charge in [0.1, 0.15) is 0 Å². The predicted octanol–water partition coefficient (Wildman–Crippen LogP) is -0.122. The number of hydrogen-bond donors (Lipinski definition) is 2. The van der Waals surface area contributed by atoms with Crippen LogP contribution in [0.2, 0.25) is 0 Å². The molecule has 0 spiro atoms. The van der Waals surface area contributed by atoms with Crippen molar-refractivity contribution >= 4 is 12.6 Å². The minimum Gasteiger partial charge on any atom is -0.423 e. The average molecular weight is 168 g/mol. The van der Waals surface area contributed by atoms with Gasteiger partial charge in [0.05, 0.1) is 6.67 Å². The maximum Gasteiger partial charge on any atom is 0.488 e. The Kier molecular flexibility index (Phi) is 3.25. The molecule has 0 aliphatic rings. The van der Waals surface area contributed by atoms with Gasteiger partial charge in [0.2, 0.25) is 0 Å². The van der Waals surface area contributed by atoms with E-state index in [0.717, 1.165) is 5.56 Å². The van der Waals surface area contributed by atoms with E-state index in [1.807, 2.05) is 0 Å². The summed E-state index contributed by atoms with van der Waals surface area (Å²) in [4.78, 5) is 0. The molecule has 0 aliphatic carbocycles. The highest BCUT2D eigenvalue weighted by molar-refractivity contribution is 6.58. The first kappa shape index (κ1) is 9.22. The van der Waals surface area contributed by atoms with Crippen molar-refractivity contribution in [3.63, 3.8) is 0 Å². The summed E-state index contributed by atoms with van der Waals surface area (Å²) in [6.45, 7) is -0.388. The first-order valence-corrected chi connectivity index (χ1v) is 3.75. The van der Waals surface area contributed by atoms with Crippen LogP contribution < -0.4 is 5.46 Å². The Morgan fingerprint density at radius 2 is 1.75 bits per heavy atom. The number of rotatable bonds is 3. The van der Waals surface area contributed by atoms with Gasteiger partial charge in [-0.25, -0.2) is 0 Å². The molecule has 4 heteroatoms. The fourth-order valence-electron chi connectivity index (χ4n) is 0.966. The second-order valence-corrected chi connectivity index (χ2v) is 2.55. The van der Waals surface area contributed by atoms with Gasteiger partial charge >= 0.3 is 7.12 Å². The van der Waals surface area contributed by atoms with Crippen molar-refractivity contribution in [3.05, 3.63) is 29.8 Å². The number of hydrogen-bond acceptors (Lipinski definition) is 2. The summed E-state index contributed by atoms with van der Waals surface area (Å²) in [5, 5.41) is 17.5. The van der Waals surface area contributed by atoms with Crippen LogP contribution in [-0.4, -0.2) is 23.8 Å². The molecule has 0 amide bonds. The Labute approximate surface area is 70.8 Å². The molecule has 1 rings (SSSR count). The lowest BCUT2D eigenvalue weighted by atomic mass is 9.80. The van der Waals surface area contributed by atoms with Gasteiger partial charge in [-0.1, -0.05) is 24.3 Å². The van der Waals surface area contributed by atoms with Crippen LogP contribution in [0.5, 0.6) is 0 Å². The van der Waals surface area contributed by atoms with Crippen LogP contribution in [0.1, 0.15) is 5.56 Å². The molecule has 0 bridgehead atoms. The van der Waals surface area contributed by atoms with Gasteiger partial charge in [-0.15, -0.1) is 0 Å². The molecule has 0 radical (unpaired) electrons. The molecular weight excluding hydrogens is 158 g/mol. The maximum atomic E-state index is 11.8. The summed E-state index contributed by atoms with van der Waals surface area (Å²) in [7, 11) is -1.44. The molecular formula is C8H10BFO2. The Morgan fingerprint density at radius 3 is 2.17 bits per heavy atom. The molecule has 64 valence electrons. The van der Waals surface area contributed by atoms with Gasteiger partial charge in [0, 0.05) is 6.42 Å². The maximum absolute atomic E-state index is 11.8. The van der Waals surface area contributed by atoms with Crippen molar-refractivity contribution in [3.8, 4) is 0 Å². The quantitative estimate of drug-likeness (QED) is 0.617. The van der Waals surface area contributed by atoms with Crippen molar-refractivity contribution in [2.45, 2.75) is 6.42 Å². The number of halogens is 1. The Balaban J connectivity index is 2.71. The van der Waals surface area contributed by atoms with Crippen LogP contribution in [0.4, 0.5) is 4.39 Å². The van der Waals surface area contributed by atoms with Crippen molar-refractivity contribution in [1.29, 1.82) is 0 Å². The first-order valence-electron chi connectivity index (χ1n) is 3.75. The van der Waals surface area contributed by atoms with Crippen molar-refractivity contribution in [2.75, 3.05) is 6.67 Å². The van der Waals surface area contributed by atoms with E-state index in [-0.39, 0.29) is 6.67 Å².